The molecule has 4 aromatic rings. The van der Waals surface area contributed by atoms with Crippen LogP contribution in [0.3, 0.4) is 0 Å². The lowest BCUT2D eigenvalue weighted by atomic mass is 10.2. The zero-order valence-corrected chi connectivity index (χ0v) is 17.3. The van der Waals surface area contributed by atoms with Crippen molar-refractivity contribution in [3.05, 3.63) is 66.3 Å². The summed E-state index contributed by atoms with van der Waals surface area (Å²) in [6.07, 6.45) is -2.42. The van der Waals surface area contributed by atoms with Gasteiger partial charge in [-0.3, -0.25) is 9.40 Å². The smallest absolute Gasteiger partial charge is 0.364 e. The summed E-state index contributed by atoms with van der Waals surface area (Å²) < 4.78 is 83.2. The van der Waals surface area contributed by atoms with Crippen LogP contribution in [-0.4, -0.2) is 45.3 Å². The van der Waals surface area contributed by atoms with Gasteiger partial charge in [-0.15, -0.1) is 0 Å². The summed E-state index contributed by atoms with van der Waals surface area (Å²) >= 11 is 0. The number of halogens is 4. The third kappa shape index (κ3) is 5.52. The van der Waals surface area contributed by atoms with Crippen LogP contribution in [0.25, 0.3) is 22.9 Å². The molecule has 0 spiro atoms. The molecule has 9 nitrogen and oxygen atoms in total. The summed E-state index contributed by atoms with van der Waals surface area (Å²) in [6, 6.07) is 10.3. The summed E-state index contributed by atoms with van der Waals surface area (Å²) in [4.78, 5) is 7.97. The lowest BCUT2D eigenvalue weighted by Gasteiger charge is -2.09. The molecule has 0 aliphatic rings. The maximum Gasteiger partial charge on any atom is 0.404 e. The van der Waals surface area contributed by atoms with Crippen LogP contribution < -0.4 is 4.72 Å². The first kappa shape index (κ1) is 22.4. The van der Waals surface area contributed by atoms with Crippen LogP contribution in [-0.2, 0) is 16.6 Å². The molecule has 0 aliphatic carbocycles. The Kier molecular flexibility index (Phi) is 5.84. The molecule has 0 aliphatic heterocycles. The molecule has 0 saturated heterocycles. The lowest BCUT2D eigenvalue weighted by molar-refractivity contribution is -0.106. The van der Waals surface area contributed by atoms with Crippen LogP contribution in [0.15, 0.2) is 59.4 Å². The Morgan fingerprint density at radius 1 is 1.09 bits per heavy atom. The Balaban J connectivity index is 1.68. The van der Waals surface area contributed by atoms with E-state index in [9.17, 15) is 26.0 Å². The summed E-state index contributed by atoms with van der Waals surface area (Å²) in [5, 5.41) is 8.21. The first-order valence-corrected chi connectivity index (χ1v) is 10.9. The zero-order chi connectivity index (χ0) is 23.6. The minimum absolute atomic E-state index is 0.0206. The Morgan fingerprint density at radius 3 is 2.58 bits per heavy atom. The van der Waals surface area contributed by atoms with Gasteiger partial charge >= 0.3 is 6.18 Å². The van der Waals surface area contributed by atoms with E-state index < -0.39 is 27.8 Å². The predicted molar refractivity (Wildman–Crippen MR) is 108 cm³/mol. The van der Waals surface area contributed by atoms with Gasteiger partial charge in [-0.05, 0) is 18.2 Å². The van der Waals surface area contributed by atoms with Crippen LogP contribution in [0.2, 0.25) is 0 Å². The van der Waals surface area contributed by atoms with Crippen molar-refractivity contribution in [2.45, 2.75) is 12.7 Å². The minimum atomic E-state index is -4.92. The molecule has 0 atom stereocenters. The molecule has 0 bridgehead atoms. The lowest BCUT2D eigenvalue weighted by Crippen LogP contribution is -2.28. The van der Waals surface area contributed by atoms with Gasteiger partial charge < -0.3 is 4.52 Å². The molecule has 0 fully saturated rings. The second-order valence-electron chi connectivity index (χ2n) is 6.79. The van der Waals surface area contributed by atoms with Gasteiger partial charge in [0, 0.05) is 17.8 Å². The highest BCUT2D eigenvalue weighted by Gasteiger charge is 2.35. The quantitative estimate of drug-likeness (QED) is 0.401. The maximum absolute atomic E-state index is 14.2. The molecule has 14 heteroatoms. The highest BCUT2D eigenvalue weighted by Crippen LogP contribution is 2.26. The zero-order valence-electron chi connectivity index (χ0n) is 16.5. The second-order valence-corrected chi connectivity index (χ2v) is 8.51. The van der Waals surface area contributed by atoms with Crippen molar-refractivity contribution in [2.75, 3.05) is 10.5 Å². The van der Waals surface area contributed by atoms with E-state index in [0.717, 1.165) is 6.07 Å². The molecule has 0 unspecified atom stereocenters. The number of aromatic nitrogens is 5. The average Bonchev–Trinajstić information content (AvgIpc) is 3.37. The monoisotopic (exact) mass is 482 g/mol. The molecule has 1 aromatic carbocycles. The molecule has 1 N–H and O–H groups in total. The first-order chi connectivity index (χ1) is 15.6. The summed E-state index contributed by atoms with van der Waals surface area (Å²) in [6.45, 7) is 0.0206. The number of sulfonamides is 1. The van der Waals surface area contributed by atoms with Gasteiger partial charge in [-0.25, -0.2) is 22.8 Å². The van der Waals surface area contributed by atoms with Gasteiger partial charge in [-0.2, -0.15) is 18.3 Å². The molecule has 172 valence electrons. The maximum atomic E-state index is 14.2. The second kappa shape index (κ2) is 8.61. The number of alkyl halides is 3. The molecule has 33 heavy (non-hydrogen) atoms. The summed E-state index contributed by atoms with van der Waals surface area (Å²) in [5.74, 6) is -2.94. The van der Waals surface area contributed by atoms with Crippen molar-refractivity contribution in [3.8, 4) is 22.9 Å². The van der Waals surface area contributed by atoms with Crippen molar-refractivity contribution in [1.29, 1.82) is 0 Å². The standard InChI is InChI=1S/C19H14F4N6O3S/c20-13-4-2-1-3-12(13)10-29-16(14-6-8-32-27-14)9-15(26-29)18-24-7-5-17(25-18)28-33(30,31)11-19(21,22)23/h1-9H,10-11H2,(H,24,25,28). The van der Waals surface area contributed by atoms with Crippen molar-refractivity contribution in [3.63, 3.8) is 0 Å². The van der Waals surface area contributed by atoms with Gasteiger partial charge in [-0.1, -0.05) is 23.4 Å². The molecular formula is C19H14F4N6O3S. The topological polar surface area (TPSA) is 116 Å². The van der Waals surface area contributed by atoms with Crippen LogP contribution in [0.5, 0.6) is 0 Å². The largest absolute Gasteiger partial charge is 0.404 e. The van der Waals surface area contributed by atoms with Crippen LogP contribution >= 0.6 is 0 Å². The number of nitrogens with zero attached hydrogens (tertiary/aromatic N) is 5. The molecule has 3 aromatic heterocycles. The van der Waals surface area contributed by atoms with Crippen LogP contribution in [0, 0.1) is 5.82 Å². The molecule has 4 rings (SSSR count). The highest BCUT2D eigenvalue weighted by atomic mass is 32.2. The number of hydrogen-bond acceptors (Lipinski definition) is 7. The molecular weight excluding hydrogens is 468 g/mol. The van der Waals surface area contributed by atoms with E-state index in [1.54, 1.807) is 29.0 Å². The fraction of sp³-hybridized carbons (Fsp3) is 0.158. The predicted octanol–water partition coefficient (Wildman–Crippen LogP) is 3.49. The number of rotatable bonds is 7. The van der Waals surface area contributed by atoms with E-state index in [0.29, 0.717) is 17.0 Å². The van der Waals surface area contributed by atoms with E-state index in [2.05, 4.69) is 20.2 Å². The van der Waals surface area contributed by atoms with Crippen molar-refractivity contribution in [2.24, 2.45) is 0 Å². The van der Waals surface area contributed by atoms with Gasteiger partial charge in [0.25, 0.3) is 0 Å². The number of benzene rings is 1. The molecule has 0 amide bonds. The van der Waals surface area contributed by atoms with Crippen molar-refractivity contribution < 1.29 is 30.5 Å². The van der Waals surface area contributed by atoms with Crippen LogP contribution in [0.1, 0.15) is 5.56 Å². The molecule has 3 heterocycles. The van der Waals surface area contributed by atoms with E-state index in [1.165, 1.54) is 29.3 Å². The number of anilines is 1. The fourth-order valence-corrected chi connectivity index (χ4v) is 3.87. The number of hydrogen-bond donors (Lipinski definition) is 1. The van der Waals surface area contributed by atoms with Gasteiger partial charge in [0.1, 0.15) is 29.3 Å². The Labute approximate surface area is 184 Å². The average molecular weight is 482 g/mol. The van der Waals surface area contributed by atoms with Crippen LogP contribution in [0.4, 0.5) is 23.4 Å². The van der Waals surface area contributed by atoms with E-state index in [-0.39, 0.29) is 23.9 Å². The SMILES string of the molecule is O=S(=O)(CC(F)(F)F)Nc1ccnc(-c2cc(-c3ccon3)n(Cc3ccccc3F)n2)n1. The fourth-order valence-electron chi connectivity index (χ4n) is 2.94. The minimum Gasteiger partial charge on any atom is -0.364 e. The third-order valence-corrected chi connectivity index (χ3v) is 5.48. The third-order valence-electron chi connectivity index (χ3n) is 4.26. The molecule has 0 saturated carbocycles. The first-order valence-electron chi connectivity index (χ1n) is 9.22. The Morgan fingerprint density at radius 2 is 1.88 bits per heavy atom. The van der Waals surface area contributed by atoms with E-state index in [4.69, 9.17) is 4.52 Å². The van der Waals surface area contributed by atoms with Gasteiger partial charge in [0.15, 0.2) is 11.6 Å². The summed E-state index contributed by atoms with van der Waals surface area (Å²) in [7, 11) is -4.73. The molecule has 0 radical (unpaired) electrons. The highest BCUT2D eigenvalue weighted by molar-refractivity contribution is 7.92. The van der Waals surface area contributed by atoms with E-state index >= 15 is 0 Å². The van der Waals surface area contributed by atoms with Gasteiger partial charge in [0.05, 0.1) is 12.2 Å². The Bertz CT molecular complexity index is 1370. The summed E-state index contributed by atoms with van der Waals surface area (Å²) in [5.41, 5.74) is 1.30. The number of nitrogens with one attached hydrogen (secondary N) is 1. The van der Waals surface area contributed by atoms with Crippen molar-refractivity contribution >= 4 is 15.8 Å². The van der Waals surface area contributed by atoms with Crippen molar-refractivity contribution in [1.82, 2.24) is 24.9 Å². The Hall–Kier alpha value is -3.81. The van der Waals surface area contributed by atoms with E-state index in [1.807, 2.05) is 0 Å². The van der Waals surface area contributed by atoms with Gasteiger partial charge in [0.2, 0.25) is 10.0 Å². The normalized spacial score (nSPS) is 12.1.